The van der Waals surface area contributed by atoms with Crippen molar-refractivity contribution in [3.8, 4) is 0 Å². The first-order chi connectivity index (χ1) is 8.99. The molecule has 1 saturated heterocycles. The van der Waals surface area contributed by atoms with Crippen LogP contribution < -0.4 is 5.32 Å². The van der Waals surface area contributed by atoms with Crippen molar-refractivity contribution in [2.75, 3.05) is 11.9 Å². The number of nitrogens with one attached hydrogen (secondary N) is 1. The molecule has 1 aromatic carbocycles. The first-order valence-electron chi connectivity index (χ1n) is 6.05. The Balaban J connectivity index is 2.08. The highest BCUT2D eigenvalue weighted by molar-refractivity contribution is 14.1. The Morgan fingerprint density at radius 1 is 1.47 bits per heavy atom. The van der Waals surface area contributed by atoms with Crippen molar-refractivity contribution in [2.45, 2.75) is 25.8 Å². The lowest BCUT2D eigenvalue weighted by molar-refractivity contribution is -0.141. The highest BCUT2D eigenvalue weighted by Crippen LogP contribution is 2.21. The molecule has 0 unspecified atom stereocenters. The molecule has 0 radical (unpaired) electrons. The van der Waals surface area contributed by atoms with Crippen LogP contribution in [-0.4, -0.2) is 34.6 Å². The lowest BCUT2D eigenvalue weighted by Crippen LogP contribution is -2.42. The van der Waals surface area contributed by atoms with Crippen LogP contribution in [0.25, 0.3) is 0 Å². The number of hydrogen-bond donors (Lipinski definition) is 2. The van der Waals surface area contributed by atoms with E-state index in [2.05, 4.69) is 27.9 Å². The number of hydrogen-bond acceptors (Lipinski definition) is 2. The minimum absolute atomic E-state index is 0.343. The van der Waals surface area contributed by atoms with Gasteiger partial charge in [0, 0.05) is 15.8 Å². The zero-order valence-corrected chi connectivity index (χ0v) is 12.7. The molecule has 2 N–H and O–H groups in total. The van der Waals surface area contributed by atoms with E-state index >= 15 is 0 Å². The molecule has 0 saturated carbocycles. The second kappa shape index (κ2) is 5.77. The molecule has 2 amide bonds. The number of halogens is 1. The molecule has 1 heterocycles. The number of rotatable bonds is 2. The number of nitrogens with zero attached hydrogens (tertiary/aromatic N) is 1. The Labute approximate surface area is 125 Å². The molecule has 2 rings (SSSR count). The lowest BCUT2D eigenvalue weighted by atomic mass is 10.2. The molecule has 0 aromatic heterocycles. The van der Waals surface area contributed by atoms with Gasteiger partial charge < -0.3 is 15.3 Å². The SMILES string of the molecule is Cc1ccc(NC(=O)N2CCC[C@@H]2C(=O)O)cc1I. The summed E-state index contributed by atoms with van der Waals surface area (Å²) in [5.41, 5.74) is 1.83. The first kappa shape index (κ1) is 14.1. The second-order valence-corrected chi connectivity index (χ2v) is 5.75. The number of benzene rings is 1. The molecule has 102 valence electrons. The number of urea groups is 1. The van der Waals surface area contributed by atoms with Crippen molar-refractivity contribution in [3.63, 3.8) is 0 Å². The smallest absolute Gasteiger partial charge is 0.326 e. The van der Waals surface area contributed by atoms with E-state index in [9.17, 15) is 9.59 Å². The van der Waals surface area contributed by atoms with Crippen molar-refractivity contribution in [3.05, 3.63) is 27.3 Å². The first-order valence-corrected chi connectivity index (χ1v) is 7.13. The van der Waals surface area contributed by atoms with Gasteiger partial charge >= 0.3 is 12.0 Å². The fourth-order valence-corrected chi connectivity index (χ4v) is 2.65. The van der Waals surface area contributed by atoms with E-state index in [-0.39, 0.29) is 6.03 Å². The third kappa shape index (κ3) is 3.17. The van der Waals surface area contributed by atoms with Crippen molar-refractivity contribution in [1.29, 1.82) is 0 Å². The fraction of sp³-hybridized carbons (Fsp3) is 0.385. The minimum atomic E-state index is -0.939. The summed E-state index contributed by atoms with van der Waals surface area (Å²) < 4.78 is 1.06. The minimum Gasteiger partial charge on any atom is -0.480 e. The maximum absolute atomic E-state index is 12.1. The summed E-state index contributed by atoms with van der Waals surface area (Å²) in [5.74, 6) is -0.939. The number of carbonyl (C=O) groups excluding carboxylic acids is 1. The van der Waals surface area contributed by atoms with Gasteiger partial charge in [0.15, 0.2) is 0 Å². The van der Waals surface area contributed by atoms with Crippen molar-refractivity contribution in [1.82, 2.24) is 4.90 Å². The average molecular weight is 374 g/mol. The van der Waals surface area contributed by atoms with Crippen LogP contribution in [0.1, 0.15) is 18.4 Å². The van der Waals surface area contributed by atoms with E-state index in [4.69, 9.17) is 5.11 Å². The van der Waals surface area contributed by atoms with Crippen molar-refractivity contribution < 1.29 is 14.7 Å². The predicted octanol–water partition coefficient (Wildman–Crippen LogP) is 2.68. The van der Waals surface area contributed by atoms with Crippen LogP contribution >= 0.6 is 22.6 Å². The lowest BCUT2D eigenvalue weighted by Gasteiger charge is -2.21. The van der Waals surface area contributed by atoms with E-state index in [1.807, 2.05) is 25.1 Å². The van der Waals surface area contributed by atoms with E-state index in [0.29, 0.717) is 18.7 Å². The van der Waals surface area contributed by atoms with Gasteiger partial charge in [-0.3, -0.25) is 0 Å². The summed E-state index contributed by atoms with van der Waals surface area (Å²) in [5, 5.41) is 11.8. The standard InChI is InChI=1S/C13H15IN2O3/c1-8-4-5-9(7-10(8)14)15-13(19)16-6-2-3-11(16)12(17)18/h4-5,7,11H,2-3,6H2,1H3,(H,15,19)(H,17,18)/t11-/m1/s1. The average Bonchev–Trinajstić information content (AvgIpc) is 2.83. The number of amides is 2. The molecule has 1 aliphatic heterocycles. The fourth-order valence-electron chi connectivity index (χ4n) is 2.13. The molecule has 0 aliphatic carbocycles. The van der Waals surface area contributed by atoms with Crippen LogP contribution in [-0.2, 0) is 4.79 Å². The van der Waals surface area contributed by atoms with Gasteiger partial charge in [0.05, 0.1) is 0 Å². The highest BCUT2D eigenvalue weighted by atomic mass is 127. The summed E-state index contributed by atoms with van der Waals surface area (Å²) in [6, 6.07) is 4.57. The van der Waals surface area contributed by atoms with Crippen LogP contribution in [0, 0.1) is 10.5 Å². The summed E-state index contributed by atoms with van der Waals surface area (Å²) >= 11 is 2.20. The normalized spacial score (nSPS) is 18.4. The Kier molecular flexibility index (Phi) is 4.28. The number of carboxylic acid groups (broad SMARTS) is 1. The van der Waals surface area contributed by atoms with Gasteiger partial charge in [0.25, 0.3) is 0 Å². The third-order valence-electron chi connectivity index (χ3n) is 3.22. The summed E-state index contributed by atoms with van der Waals surface area (Å²) in [6.07, 6.45) is 1.25. The summed E-state index contributed by atoms with van der Waals surface area (Å²) in [6.45, 7) is 2.49. The molecule has 19 heavy (non-hydrogen) atoms. The highest BCUT2D eigenvalue weighted by Gasteiger charge is 2.33. The van der Waals surface area contributed by atoms with E-state index in [1.54, 1.807) is 0 Å². The van der Waals surface area contributed by atoms with Crippen LogP contribution in [0.2, 0.25) is 0 Å². The molecule has 5 nitrogen and oxygen atoms in total. The maximum Gasteiger partial charge on any atom is 0.326 e. The molecule has 0 spiro atoms. The van der Waals surface area contributed by atoms with Crippen molar-refractivity contribution in [2.24, 2.45) is 0 Å². The van der Waals surface area contributed by atoms with Crippen LogP contribution in [0.5, 0.6) is 0 Å². The van der Waals surface area contributed by atoms with Gasteiger partial charge in [0.1, 0.15) is 6.04 Å². The molecule has 0 bridgehead atoms. The maximum atomic E-state index is 12.1. The zero-order chi connectivity index (χ0) is 14.0. The second-order valence-electron chi connectivity index (χ2n) is 4.58. The van der Waals surface area contributed by atoms with E-state index in [0.717, 1.165) is 15.6 Å². The van der Waals surface area contributed by atoms with Gasteiger partial charge in [-0.25, -0.2) is 9.59 Å². The largest absolute Gasteiger partial charge is 0.480 e. The predicted molar refractivity (Wildman–Crippen MR) is 80.3 cm³/mol. The Hall–Kier alpha value is -1.31. The van der Waals surface area contributed by atoms with Gasteiger partial charge in [-0.1, -0.05) is 6.07 Å². The Morgan fingerprint density at radius 3 is 2.84 bits per heavy atom. The summed E-state index contributed by atoms with van der Waals surface area (Å²) in [4.78, 5) is 24.5. The Bertz CT molecular complexity index is 519. The van der Waals surface area contributed by atoms with Crippen LogP contribution in [0.4, 0.5) is 10.5 Å². The molecule has 1 aliphatic rings. The monoisotopic (exact) mass is 374 g/mol. The van der Waals surface area contributed by atoms with Gasteiger partial charge in [-0.2, -0.15) is 0 Å². The molecule has 6 heteroatoms. The van der Waals surface area contributed by atoms with Crippen LogP contribution in [0.15, 0.2) is 18.2 Å². The van der Waals surface area contributed by atoms with Crippen LogP contribution in [0.3, 0.4) is 0 Å². The number of anilines is 1. The van der Waals surface area contributed by atoms with Gasteiger partial charge in [-0.05, 0) is 60.1 Å². The molecule has 1 fully saturated rings. The number of carboxylic acids is 1. The molecular formula is C13H15IN2O3. The number of aryl methyl sites for hydroxylation is 1. The quantitative estimate of drug-likeness (QED) is 0.783. The van der Waals surface area contributed by atoms with Crippen molar-refractivity contribution >= 4 is 40.3 Å². The summed E-state index contributed by atoms with van der Waals surface area (Å²) in [7, 11) is 0. The molecular weight excluding hydrogens is 359 g/mol. The van der Waals surface area contributed by atoms with E-state index < -0.39 is 12.0 Å². The number of aliphatic carboxylic acids is 1. The number of carbonyl (C=O) groups is 2. The number of likely N-dealkylation sites (tertiary alicyclic amines) is 1. The van der Waals surface area contributed by atoms with E-state index in [1.165, 1.54) is 4.90 Å². The topological polar surface area (TPSA) is 69.6 Å². The Morgan fingerprint density at radius 2 is 2.21 bits per heavy atom. The molecule has 1 aromatic rings. The van der Waals surface area contributed by atoms with Gasteiger partial charge in [-0.15, -0.1) is 0 Å². The zero-order valence-electron chi connectivity index (χ0n) is 10.5. The third-order valence-corrected chi connectivity index (χ3v) is 4.38. The molecule has 1 atom stereocenters. The van der Waals surface area contributed by atoms with Gasteiger partial charge in [0.2, 0.25) is 0 Å².